The van der Waals surface area contributed by atoms with Crippen LogP contribution in [0.4, 0.5) is 17.1 Å². The molecule has 0 aliphatic carbocycles. The number of likely N-dealkylation sites (N-methyl/N-ethyl adjacent to an activating group) is 1. The Bertz CT molecular complexity index is 1060. The van der Waals surface area contributed by atoms with Crippen LogP contribution in [0.15, 0.2) is 83.9 Å². The van der Waals surface area contributed by atoms with E-state index in [1.807, 2.05) is 0 Å². The second-order valence-corrected chi connectivity index (χ2v) is 9.22. The second kappa shape index (κ2) is 8.81. The molecule has 0 N–H and O–H groups in total. The molecule has 2 aliphatic rings. The minimum Gasteiger partial charge on any atom is -0.369 e. The molecule has 2 aliphatic heterocycles. The number of fused-ring (bicyclic) bond motifs is 1. The third-order valence-corrected chi connectivity index (χ3v) is 7.09. The van der Waals surface area contributed by atoms with Crippen molar-refractivity contribution in [1.29, 1.82) is 0 Å². The number of hydrogen-bond acceptors (Lipinski definition) is 4. The van der Waals surface area contributed by atoms with Gasteiger partial charge in [-0.1, -0.05) is 24.3 Å². The Labute approximate surface area is 190 Å². The fraction of sp³-hybridized carbons (Fsp3) is 0.259. The first-order valence-corrected chi connectivity index (χ1v) is 12.2. The van der Waals surface area contributed by atoms with Crippen LogP contribution in [-0.2, 0) is 6.42 Å². The Kier molecular flexibility index (Phi) is 5.75. The molecule has 0 unspecified atom stereocenters. The number of thioether (sulfide) groups is 1. The average Bonchev–Trinajstić information content (AvgIpc) is 2.84. The van der Waals surface area contributed by atoms with Gasteiger partial charge >= 0.3 is 0 Å². The molecule has 1 fully saturated rings. The van der Waals surface area contributed by atoms with Gasteiger partial charge in [-0.3, -0.25) is 0 Å². The first kappa shape index (κ1) is 20.2. The summed E-state index contributed by atoms with van der Waals surface area (Å²) in [7, 11) is 2.20. The Balaban J connectivity index is 1.38. The fourth-order valence-corrected chi connectivity index (χ4v) is 4.83. The second-order valence-electron chi connectivity index (χ2n) is 8.34. The van der Waals surface area contributed by atoms with E-state index in [-0.39, 0.29) is 0 Å². The molecule has 0 spiro atoms. The van der Waals surface area contributed by atoms with E-state index < -0.39 is 0 Å². The van der Waals surface area contributed by atoms with Crippen LogP contribution >= 0.6 is 11.8 Å². The molecule has 0 amide bonds. The zero-order chi connectivity index (χ0) is 21.2. The zero-order valence-electron chi connectivity index (χ0n) is 18.3. The van der Waals surface area contributed by atoms with E-state index in [0.29, 0.717) is 0 Å². The van der Waals surface area contributed by atoms with Gasteiger partial charge in [0.05, 0.1) is 0 Å². The first-order chi connectivity index (χ1) is 15.2. The number of benzene rings is 3. The lowest BCUT2D eigenvalue weighted by Crippen LogP contribution is -2.44. The molecule has 3 aromatic carbocycles. The predicted molar refractivity (Wildman–Crippen MR) is 135 cm³/mol. The highest BCUT2D eigenvalue weighted by Crippen LogP contribution is 2.36. The largest absolute Gasteiger partial charge is 0.369 e. The molecule has 0 atom stereocenters. The van der Waals surface area contributed by atoms with E-state index in [1.165, 1.54) is 38.6 Å². The van der Waals surface area contributed by atoms with Gasteiger partial charge in [0.2, 0.25) is 0 Å². The van der Waals surface area contributed by atoms with E-state index in [2.05, 4.69) is 107 Å². The Hall–Kier alpha value is -2.69. The molecule has 2 heterocycles. The van der Waals surface area contributed by atoms with Crippen molar-refractivity contribution in [3.63, 3.8) is 0 Å². The van der Waals surface area contributed by atoms with Crippen LogP contribution in [0.5, 0.6) is 0 Å². The molecule has 4 heteroatoms. The van der Waals surface area contributed by atoms with Crippen LogP contribution in [0.25, 0.3) is 11.1 Å². The van der Waals surface area contributed by atoms with Crippen LogP contribution in [-0.4, -0.2) is 44.4 Å². The van der Waals surface area contributed by atoms with Crippen molar-refractivity contribution < 1.29 is 0 Å². The summed E-state index contributed by atoms with van der Waals surface area (Å²) in [5.74, 6) is 0. The average molecular weight is 428 g/mol. The third kappa shape index (κ3) is 4.23. The highest BCUT2D eigenvalue weighted by Gasteiger charge is 2.17. The van der Waals surface area contributed by atoms with Crippen molar-refractivity contribution in [2.24, 2.45) is 0 Å². The number of anilines is 3. The van der Waals surface area contributed by atoms with Crippen LogP contribution in [0.2, 0.25) is 0 Å². The number of rotatable bonds is 4. The van der Waals surface area contributed by atoms with E-state index in [0.717, 1.165) is 32.6 Å². The Morgan fingerprint density at radius 1 is 0.742 bits per heavy atom. The molecule has 31 heavy (non-hydrogen) atoms. The molecule has 1 saturated heterocycles. The summed E-state index contributed by atoms with van der Waals surface area (Å²) in [5.41, 5.74) is 7.75. The standard InChI is InChI=1S/C27H29N3S/c1-28-16-18-29(19-17-28)24-8-10-25(11-9-24)30-15-3-4-23-20-22(7-14-27(23)30)21-5-12-26(31-2)13-6-21/h3,5-15,20H,4,16-19H2,1-2H3. The molecule has 158 valence electrons. The summed E-state index contributed by atoms with van der Waals surface area (Å²) in [6, 6.07) is 24.8. The quantitative estimate of drug-likeness (QED) is 0.470. The minimum atomic E-state index is 0.974. The molecule has 0 bridgehead atoms. The van der Waals surface area contributed by atoms with E-state index in [9.17, 15) is 0 Å². The maximum atomic E-state index is 2.48. The van der Waals surface area contributed by atoms with Gasteiger partial charge in [0, 0.05) is 54.3 Å². The SMILES string of the molecule is CSc1ccc(-c2ccc3c(c2)CC=CN3c2ccc(N3CCN(C)CC3)cc2)cc1. The normalized spacial score (nSPS) is 16.5. The van der Waals surface area contributed by atoms with E-state index >= 15 is 0 Å². The van der Waals surface area contributed by atoms with Crippen molar-refractivity contribution in [3.05, 3.63) is 84.6 Å². The van der Waals surface area contributed by atoms with Crippen molar-refractivity contribution in [2.45, 2.75) is 11.3 Å². The lowest BCUT2D eigenvalue weighted by atomic mass is 9.98. The number of allylic oxidation sites excluding steroid dienone is 1. The topological polar surface area (TPSA) is 9.72 Å². The summed E-state index contributed by atoms with van der Waals surface area (Å²) in [6.07, 6.45) is 7.56. The Morgan fingerprint density at radius 3 is 2.13 bits per heavy atom. The molecule has 3 aromatic rings. The van der Waals surface area contributed by atoms with Gasteiger partial charge in [0.1, 0.15) is 0 Å². The predicted octanol–water partition coefficient (Wildman–Crippen LogP) is 6.04. The Morgan fingerprint density at radius 2 is 1.42 bits per heavy atom. The van der Waals surface area contributed by atoms with Crippen LogP contribution in [0.3, 0.4) is 0 Å². The van der Waals surface area contributed by atoms with Crippen molar-refractivity contribution in [1.82, 2.24) is 4.90 Å². The molecular formula is C27H29N3S. The maximum absolute atomic E-state index is 2.48. The summed E-state index contributed by atoms with van der Waals surface area (Å²) < 4.78 is 0. The summed E-state index contributed by atoms with van der Waals surface area (Å²) in [6.45, 7) is 4.46. The minimum absolute atomic E-state index is 0.974. The molecular weight excluding hydrogens is 398 g/mol. The smallest absolute Gasteiger partial charge is 0.0490 e. The molecule has 0 radical (unpaired) electrons. The van der Waals surface area contributed by atoms with Gasteiger partial charge in [0.25, 0.3) is 0 Å². The van der Waals surface area contributed by atoms with Crippen LogP contribution < -0.4 is 9.80 Å². The van der Waals surface area contributed by atoms with E-state index in [1.54, 1.807) is 11.8 Å². The van der Waals surface area contributed by atoms with Gasteiger partial charge in [0.15, 0.2) is 0 Å². The number of piperazine rings is 1. The van der Waals surface area contributed by atoms with Crippen molar-refractivity contribution in [3.8, 4) is 11.1 Å². The lowest BCUT2D eigenvalue weighted by Gasteiger charge is -2.34. The van der Waals surface area contributed by atoms with Gasteiger partial charge in [-0.25, -0.2) is 0 Å². The maximum Gasteiger partial charge on any atom is 0.0490 e. The van der Waals surface area contributed by atoms with Gasteiger partial charge in [-0.15, -0.1) is 11.8 Å². The number of hydrogen-bond donors (Lipinski definition) is 0. The molecule has 3 nitrogen and oxygen atoms in total. The van der Waals surface area contributed by atoms with Crippen LogP contribution in [0, 0.1) is 0 Å². The number of nitrogens with zero attached hydrogens (tertiary/aromatic N) is 3. The highest BCUT2D eigenvalue weighted by atomic mass is 32.2. The van der Waals surface area contributed by atoms with Crippen molar-refractivity contribution >= 4 is 28.8 Å². The monoisotopic (exact) mass is 427 g/mol. The molecule has 0 aromatic heterocycles. The van der Waals surface area contributed by atoms with Gasteiger partial charge in [-0.05, 0) is 84.9 Å². The van der Waals surface area contributed by atoms with Crippen molar-refractivity contribution in [2.75, 3.05) is 49.3 Å². The first-order valence-electron chi connectivity index (χ1n) is 11.0. The summed E-state index contributed by atoms with van der Waals surface area (Å²) in [5, 5.41) is 0. The third-order valence-electron chi connectivity index (χ3n) is 6.35. The van der Waals surface area contributed by atoms with E-state index in [4.69, 9.17) is 0 Å². The van der Waals surface area contributed by atoms with Crippen LogP contribution in [0.1, 0.15) is 5.56 Å². The summed E-state index contributed by atoms with van der Waals surface area (Å²) >= 11 is 1.78. The van der Waals surface area contributed by atoms with Gasteiger partial charge in [-0.2, -0.15) is 0 Å². The van der Waals surface area contributed by atoms with Gasteiger partial charge < -0.3 is 14.7 Å². The molecule has 5 rings (SSSR count). The zero-order valence-corrected chi connectivity index (χ0v) is 19.1. The highest BCUT2D eigenvalue weighted by molar-refractivity contribution is 7.98. The summed E-state index contributed by atoms with van der Waals surface area (Å²) in [4.78, 5) is 8.49. The lowest BCUT2D eigenvalue weighted by molar-refractivity contribution is 0.313. The fourth-order valence-electron chi connectivity index (χ4n) is 4.43. The molecule has 0 saturated carbocycles.